The molecule has 7 nitrogen and oxygen atoms in total. The number of aromatic nitrogens is 1. The summed E-state index contributed by atoms with van der Waals surface area (Å²) in [5.41, 5.74) is 1.71. The normalized spacial score (nSPS) is 15.5. The number of pyridine rings is 1. The first-order valence-electron chi connectivity index (χ1n) is 9.53. The predicted molar refractivity (Wildman–Crippen MR) is 106 cm³/mol. The van der Waals surface area contributed by atoms with Gasteiger partial charge < -0.3 is 10.4 Å². The number of carbonyl (C=O) groups is 1. The van der Waals surface area contributed by atoms with Crippen molar-refractivity contribution in [3.63, 3.8) is 0 Å². The van der Waals surface area contributed by atoms with Crippen LogP contribution in [0.2, 0.25) is 0 Å². The molecule has 2 N–H and O–H groups in total. The Morgan fingerprint density at radius 1 is 1.26 bits per heavy atom. The summed E-state index contributed by atoms with van der Waals surface area (Å²) in [5, 5.41) is 12.3. The third-order valence-electron chi connectivity index (χ3n) is 5.00. The number of aliphatic hydroxyl groups is 1. The summed E-state index contributed by atoms with van der Waals surface area (Å²) >= 11 is 0. The van der Waals surface area contributed by atoms with Crippen LogP contribution in [0.4, 0.5) is 13.2 Å². The number of fused-ring (bicyclic) bond motifs is 1. The Balaban J connectivity index is 1.71. The quantitative estimate of drug-likeness (QED) is 0.662. The van der Waals surface area contributed by atoms with Crippen LogP contribution < -0.4 is 5.32 Å². The fourth-order valence-corrected chi connectivity index (χ4v) is 4.25. The average molecular weight is 457 g/mol. The molecular formula is C20H22F3N3O4S. The smallest absolute Gasteiger partial charge is 0.394 e. The van der Waals surface area contributed by atoms with Gasteiger partial charge in [-0.05, 0) is 29.3 Å². The highest BCUT2D eigenvalue weighted by atomic mass is 32.2. The molecule has 11 heteroatoms. The summed E-state index contributed by atoms with van der Waals surface area (Å²) in [6.45, 7) is 0.153. The van der Waals surface area contributed by atoms with E-state index in [0.717, 1.165) is 0 Å². The third kappa shape index (κ3) is 5.60. The molecule has 0 saturated carbocycles. The maximum absolute atomic E-state index is 12.6. The van der Waals surface area contributed by atoms with Gasteiger partial charge in [0, 0.05) is 19.3 Å². The van der Waals surface area contributed by atoms with Crippen LogP contribution in [0.15, 0.2) is 41.4 Å². The lowest BCUT2D eigenvalue weighted by atomic mass is 10.1. The fraction of sp³-hybridized carbons (Fsp3) is 0.400. The Labute approximate surface area is 177 Å². The van der Waals surface area contributed by atoms with Crippen molar-refractivity contribution in [3.05, 3.63) is 58.9 Å². The average Bonchev–Trinajstić information content (AvgIpc) is 3.11. The van der Waals surface area contributed by atoms with Gasteiger partial charge in [-0.3, -0.25) is 14.7 Å². The van der Waals surface area contributed by atoms with Crippen molar-refractivity contribution in [2.24, 2.45) is 0 Å². The Morgan fingerprint density at radius 3 is 2.52 bits per heavy atom. The first-order valence-corrected chi connectivity index (χ1v) is 11.2. The van der Waals surface area contributed by atoms with Crippen molar-refractivity contribution in [1.29, 1.82) is 0 Å². The molecule has 1 aromatic carbocycles. The summed E-state index contributed by atoms with van der Waals surface area (Å²) in [5.74, 6) is -0.591. The number of nitrogens with zero attached hydrogens (tertiary/aromatic N) is 2. The lowest BCUT2D eigenvalue weighted by molar-refractivity contribution is -0.147. The van der Waals surface area contributed by atoms with Crippen LogP contribution in [-0.4, -0.2) is 54.4 Å². The van der Waals surface area contributed by atoms with E-state index < -0.39 is 41.1 Å². The van der Waals surface area contributed by atoms with Gasteiger partial charge in [0.1, 0.15) is 0 Å². The van der Waals surface area contributed by atoms with Gasteiger partial charge in [-0.2, -0.15) is 13.2 Å². The Hall–Kier alpha value is -2.50. The summed E-state index contributed by atoms with van der Waals surface area (Å²) in [6, 6.07) is 6.56. The van der Waals surface area contributed by atoms with Crippen LogP contribution in [0.25, 0.3) is 0 Å². The van der Waals surface area contributed by atoms with E-state index in [-0.39, 0.29) is 29.3 Å². The van der Waals surface area contributed by atoms with Crippen molar-refractivity contribution >= 4 is 15.7 Å². The maximum atomic E-state index is 12.6. The van der Waals surface area contributed by atoms with E-state index in [4.69, 9.17) is 0 Å². The molecular weight excluding hydrogens is 435 g/mol. The summed E-state index contributed by atoms with van der Waals surface area (Å²) in [7, 11) is -3.37. The highest BCUT2D eigenvalue weighted by Gasteiger charge is 2.34. The second kappa shape index (κ2) is 8.93. The first kappa shape index (κ1) is 23.2. The molecule has 0 aliphatic carbocycles. The van der Waals surface area contributed by atoms with Crippen molar-refractivity contribution in [1.82, 2.24) is 15.2 Å². The molecule has 2 heterocycles. The Kier molecular flexibility index (Phi) is 6.68. The van der Waals surface area contributed by atoms with Crippen LogP contribution in [-0.2, 0) is 22.9 Å². The number of carbonyl (C=O) groups excluding carboxylic acids is 1. The predicted octanol–water partition coefficient (Wildman–Crippen LogP) is 2.22. The van der Waals surface area contributed by atoms with E-state index in [1.54, 1.807) is 0 Å². The van der Waals surface area contributed by atoms with Gasteiger partial charge in [-0.25, -0.2) is 8.42 Å². The molecule has 31 heavy (non-hydrogen) atoms. The minimum atomic E-state index is -4.32. The molecule has 3 rings (SSSR count). The van der Waals surface area contributed by atoms with Crippen LogP contribution in [0.5, 0.6) is 0 Å². The van der Waals surface area contributed by atoms with Gasteiger partial charge in [0.2, 0.25) is 0 Å². The number of amides is 1. The van der Waals surface area contributed by atoms with Crippen LogP contribution in [0.1, 0.15) is 40.1 Å². The molecule has 1 amide bonds. The van der Waals surface area contributed by atoms with Gasteiger partial charge in [0.15, 0.2) is 9.84 Å². The molecule has 0 bridgehead atoms. The van der Waals surface area contributed by atoms with Crippen molar-refractivity contribution in [2.45, 2.75) is 37.1 Å². The fourth-order valence-electron chi connectivity index (χ4n) is 3.37. The van der Waals surface area contributed by atoms with E-state index in [9.17, 15) is 31.5 Å². The topological polar surface area (TPSA) is 99.6 Å². The largest absolute Gasteiger partial charge is 0.401 e. The molecule has 0 saturated heterocycles. The molecule has 1 atom stereocenters. The summed E-state index contributed by atoms with van der Waals surface area (Å²) < 4.78 is 61.7. The van der Waals surface area contributed by atoms with Gasteiger partial charge in [0.05, 0.1) is 41.1 Å². The number of aliphatic hydroxyl groups excluding tert-OH is 1. The van der Waals surface area contributed by atoms with Crippen molar-refractivity contribution in [2.75, 3.05) is 18.9 Å². The highest BCUT2D eigenvalue weighted by molar-refractivity contribution is 7.91. The third-order valence-corrected chi connectivity index (χ3v) is 6.75. The number of hydrogen-bond acceptors (Lipinski definition) is 6. The molecule has 1 aliphatic heterocycles. The van der Waals surface area contributed by atoms with Crippen molar-refractivity contribution < 1.29 is 31.5 Å². The van der Waals surface area contributed by atoms with Gasteiger partial charge in [0.25, 0.3) is 5.91 Å². The highest BCUT2D eigenvalue weighted by Crippen LogP contribution is 2.26. The van der Waals surface area contributed by atoms with E-state index >= 15 is 0 Å². The van der Waals surface area contributed by atoms with E-state index in [1.807, 2.05) is 0 Å². The van der Waals surface area contributed by atoms with Crippen molar-refractivity contribution in [3.8, 4) is 0 Å². The lowest BCUT2D eigenvalue weighted by Gasteiger charge is -2.17. The molecule has 0 spiro atoms. The van der Waals surface area contributed by atoms with Crippen LogP contribution >= 0.6 is 0 Å². The second-order valence-electron chi connectivity index (χ2n) is 7.27. The van der Waals surface area contributed by atoms with Crippen LogP contribution in [0, 0.1) is 0 Å². The molecule has 1 aliphatic rings. The zero-order chi connectivity index (χ0) is 22.8. The van der Waals surface area contributed by atoms with Gasteiger partial charge >= 0.3 is 6.18 Å². The zero-order valence-corrected chi connectivity index (χ0v) is 17.5. The zero-order valence-electron chi connectivity index (χ0n) is 16.7. The number of alkyl halides is 3. The Bertz CT molecular complexity index is 1060. The number of rotatable bonds is 7. The first-order chi connectivity index (χ1) is 14.5. The minimum absolute atomic E-state index is 0.0414. The number of halogens is 3. The summed E-state index contributed by atoms with van der Waals surface area (Å²) in [4.78, 5) is 18.1. The standard InChI is InChI=1S/C20H22F3N3O4S/c1-2-31(29,30)16-5-3-13(4-6-16)18(11-27)25-19(28)14-7-15-9-26(12-20(21,22)23)10-17(15)24-8-14/h3-8,18,27H,2,9-12H2,1H3,(H,25,28)/t18-/m0/s1. The second-order valence-corrected chi connectivity index (χ2v) is 9.55. The maximum Gasteiger partial charge on any atom is 0.401 e. The molecule has 0 fully saturated rings. The lowest BCUT2D eigenvalue weighted by Crippen LogP contribution is -2.31. The van der Waals surface area contributed by atoms with Gasteiger partial charge in [-0.1, -0.05) is 19.1 Å². The number of hydrogen-bond donors (Lipinski definition) is 2. The van der Waals surface area contributed by atoms with E-state index in [2.05, 4.69) is 10.3 Å². The Morgan fingerprint density at radius 2 is 1.94 bits per heavy atom. The monoisotopic (exact) mass is 457 g/mol. The van der Waals surface area contributed by atoms with E-state index in [1.165, 1.54) is 48.4 Å². The minimum Gasteiger partial charge on any atom is -0.394 e. The SMILES string of the molecule is CCS(=O)(=O)c1ccc([C@H](CO)NC(=O)c2cnc3c(c2)CN(CC(F)(F)F)C3)cc1. The van der Waals surface area contributed by atoms with E-state index in [0.29, 0.717) is 16.8 Å². The van der Waals surface area contributed by atoms with Gasteiger partial charge in [-0.15, -0.1) is 0 Å². The molecule has 0 radical (unpaired) electrons. The molecule has 0 unspecified atom stereocenters. The molecule has 2 aromatic rings. The molecule has 1 aromatic heterocycles. The number of sulfone groups is 1. The number of nitrogens with one attached hydrogen (secondary N) is 1. The summed E-state index contributed by atoms with van der Waals surface area (Å²) in [6.07, 6.45) is -3.03. The number of benzene rings is 1. The van der Waals surface area contributed by atoms with Crippen LogP contribution in [0.3, 0.4) is 0 Å². The molecule has 168 valence electrons.